The van der Waals surface area contributed by atoms with Gasteiger partial charge in [0.25, 0.3) is 0 Å². The van der Waals surface area contributed by atoms with Gasteiger partial charge in [-0.3, -0.25) is 9.59 Å². The Morgan fingerprint density at radius 2 is 1.78 bits per heavy atom. The highest BCUT2D eigenvalue weighted by Gasteiger charge is 2.13. The summed E-state index contributed by atoms with van der Waals surface area (Å²) >= 11 is 0. The molecule has 0 unspecified atom stereocenters. The monoisotopic (exact) mass is 307 g/mol. The van der Waals surface area contributed by atoms with E-state index >= 15 is 0 Å². The molecule has 1 N–H and O–H groups in total. The Morgan fingerprint density at radius 1 is 1.04 bits per heavy atom. The van der Waals surface area contributed by atoms with Gasteiger partial charge >= 0.3 is 5.97 Å². The van der Waals surface area contributed by atoms with Crippen molar-refractivity contribution in [1.82, 2.24) is 4.57 Å². The van der Waals surface area contributed by atoms with Crippen molar-refractivity contribution in [2.24, 2.45) is 0 Å². The number of carboxylic acids is 1. The van der Waals surface area contributed by atoms with Gasteiger partial charge in [-0.15, -0.1) is 0 Å². The predicted octanol–water partition coefficient (Wildman–Crippen LogP) is 3.52. The van der Waals surface area contributed by atoms with E-state index in [1.807, 2.05) is 53.2 Å². The lowest BCUT2D eigenvalue weighted by Gasteiger charge is -2.06. The molecule has 0 radical (unpaired) electrons. The number of hydrogen-bond acceptors (Lipinski definition) is 2. The summed E-state index contributed by atoms with van der Waals surface area (Å²) in [6.45, 7) is 2.19. The first kappa shape index (κ1) is 15.0. The van der Waals surface area contributed by atoms with Gasteiger partial charge in [0.15, 0.2) is 5.78 Å². The van der Waals surface area contributed by atoms with Crippen molar-refractivity contribution >= 4 is 22.7 Å². The summed E-state index contributed by atoms with van der Waals surface area (Å²) in [7, 11) is 0. The summed E-state index contributed by atoms with van der Waals surface area (Å²) in [5.41, 5.74) is 3.41. The van der Waals surface area contributed by atoms with E-state index in [2.05, 4.69) is 0 Å². The lowest BCUT2D eigenvalue weighted by atomic mass is 10.1. The Labute approximate surface area is 134 Å². The van der Waals surface area contributed by atoms with Gasteiger partial charge in [-0.2, -0.15) is 0 Å². The molecule has 0 fully saturated rings. The van der Waals surface area contributed by atoms with E-state index in [-0.39, 0.29) is 12.2 Å². The van der Waals surface area contributed by atoms with Crippen LogP contribution in [0.4, 0.5) is 0 Å². The molecule has 2 aromatic carbocycles. The van der Waals surface area contributed by atoms with Crippen molar-refractivity contribution in [3.8, 4) is 0 Å². The first-order valence-corrected chi connectivity index (χ1v) is 7.43. The summed E-state index contributed by atoms with van der Waals surface area (Å²) in [4.78, 5) is 22.8. The molecular formula is C19H17NO3. The summed E-state index contributed by atoms with van der Waals surface area (Å²) < 4.78 is 2.01. The van der Waals surface area contributed by atoms with Crippen LogP contribution in [0.25, 0.3) is 10.9 Å². The van der Waals surface area contributed by atoms with Gasteiger partial charge in [0.2, 0.25) is 0 Å². The molecule has 23 heavy (non-hydrogen) atoms. The largest absolute Gasteiger partial charge is 0.481 e. The van der Waals surface area contributed by atoms with Gasteiger partial charge in [0.1, 0.15) is 0 Å². The minimum Gasteiger partial charge on any atom is -0.481 e. The van der Waals surface area contributed by atoms with Crippen LogP contribution in [0.1, 0.15) is 28.4 Å². The Bertz CT molecular complexity index is 878. The maximum Gasteiger partial charge on any atom is 0.307 e. The summed E-state index contributed by atoms with van der Waals surface area (Å²) in [5.74, 6) is -0.856. The standard InChI is InChI=1S/C19H17NO3/c1-13(21)17-12-20(11-14-5-3-2-4-6-14)18-9-15(10-19(22)23)7-8-16(17)18/h2-9,12H,10-11H2,1H3,(H,22,23). The number of rotatable bonds is 5. The van der Waals surface area contributed by atoms with E-state index in [9.17, 15) is 9.59 Å². The molecular weight excluding hydrogens is 290 g/mol. The van der Waals surface area contributed by atoms with E-state index in [4.69, 9.17) is 5.11 Å². The number of ketones is 1. The molecule has 0 aliphatic carbocycles. The maximum absolute atomic E-state index is 11.9. The molecule has 4 heteroatoms. The fourth-order valence-corrected chi connectivity index (χ4v) is 2.81. The van der Waals surface area contributed by atoms with Crippen LogP contribution in [0.5, 0.6) is 0 Å². The average molecular weight is 307 g/mol. The number of aliphatic carboxylic acids is 1. The summed E-state index contributed by atoms with van der Waals surface area (Å²) in [6, 6.07) is 15.4. The van der Waals surface area contributed by atoms with Crippen molar-refractivity contribution in [3.05, 3.63) is 71.4 Å². The minimum absolute atomic E-state index is 0.00722. The highest BCUT2D eigenvalue weighted by Crippen LogP contribution is 2.24. The molecule has 1 heterocycles. The van der Waals surface area contributed by atoms with Crippen molar-refractivity contribution in [2.75, 3.05) is 0 Å². The fourth-order valence-electron chi connectivity index (χ4n) is 2.81. The van der Waals surface area contributed by atoms with Gasteiger partial charge in [-0.1, -0.05) is 42.5 Å². The topological polar surface area (TPSA) is 59.3 Å². The zero-order chi connectivity index (χ0) is 16.4. The van der Waals surface area contributed by atoms with Crippen LogP contribution < -0.4 is 0 Å². The van der Waals surface area contributed by atoms with Crippen LogP contribution in [0, 0.1) is 0 Å². The van der Waals surface area contributed by atoms with E-state index in [1.165, 1.54) is 0 Å². The van der Waals surface area contributed by atoms with Gasteiger partial charge in [0, 0.05) is 29.2 Å². The zero-order valence-corrected chi connectivity index (χ0v) is 12.8. The molecule has 116 valence electrons. The quantitative estimate of drug-likeness (QED) is 0.734. The van der Waals surface area contributed by atoms with Crippen LogP contribution in [-0.2, 0) is 17.8 Å². The fraction of sp³-hybridized carbons (Fsp3) is 0.158. The summed E-state index contributed by atoms with van der Waals surface area (Å²) in [6.07, 6.45) is 1.83. The van der Waals surface area contributed by atoms with E-state index in [1.54, 1.807) is 13.0 Å². The van der Waals surface area contributed by atoms with Crippen LogP contribution in [-0.4, -0.2) is 21.4 Å². The Balaban J connectivity index is 2.11. The second-order valence-corrected chi connectivity index (χ2v) is 5.63. The first-order chi connectivity index (χ1) is 11.0. The summed E-state index contributed by atoms with van der Waals surface area (Å²) in [5, 5.41) is 9.84. The average Bonchev–Trinajstić information content (AvgIpc) is 2.86. The number of benzene rings is 2. The van der Waals surface area contributed by atoms with Crippen molar-refractivity contribution in [2.45, 2.75) is 19.9 Å². The van der Waals surface area contributed by atoms with Crippen LogP contribution >= 0.6 is 0 Å². The lowest BCUT2D eigenvalue weighted by Crippen LogP contribution is -2.01. The number of hydrogen-bond donors (Lipinski definition) is 1. The van der Waals surface area contributed by atoms with Crippen molar-refractivity contribution < 1.29 is 14.7 Å². The lowest BCUT2D eigenvalue weighted by molar-refractivity contribution is -0.136. The highest BCUT2D eigenvalue weighted by molar-refractivity contribution is 6.07. The van der Waals surface area contributed by atoms with E-state index in [0.717, 1.165) is 22.0 Å². The second-order valence-electron chi connectivity index (χ2n) is 5.63. The number of nitrogens with zero attached hydrogens (tertiary/aromatic N) is 1. The molecule has 0 aliphatic heterocycles. The molecule has 0 bridgehead atoms. The van der Waals surface area contributed by atoms with Crippen LogP contribution in [0.2, 0.25) is 0 Å². The molecule has 0 saturated heterocycles. The Kier molecular flexibility index (Phi) is 3.98. The van der Waals surface area contributed by atoms with Crippen molar-refractivity contribution in [3.63, 3.8) is 0 Å². The molecule has 1 aromatic heterocycles. The third kappa shape index (κ3) is 3.16. The van der Waals surface area contributed by atoms with Crippen LogP contribution in [0.3, 0.4) is 0 Å². The zero-order valence-electron chi connectivity index (χ0n) is 12.8. The molecule has 4 nitrogen and oxygen atoms in total. The number of carbonyl (C=O) groups excluding carboxylic acids is 1. The molecule has 0 aliphatic rings. The Morgan fingerprint density at radius 3 is 2.43 bits per heavy atom. The van der Waals surface area contributed by atoms with E-state index in [0.29, 0.717) is 12.1 Å². The minimum atomic E-state index is -0.864. The normalized spacial score (nSPS) is 10.8. The number of fused-ring (bicyclic) bond motifs is 1. The Hall–Kier alpha value is -2.88. The van der Waals surface area contributed by atoms with Gasteiger partial charge in [0.05, 0.1) is 6.42 Å². The molecule has 0 amide bonds. The van der Waals surface area contributed by atoms with Gasteiger partial charge in [-0.25, -0.2) is 0 Å². The second kappa shape index (κ2) is 6.08. The van der Waals surface area contributed by atoms with E-state index < -0.39 is 5.97 Å². The number of carbonyl (C=O) groups is 2. The first-order valence-electron chi connectivity index (χ1n) is 7.43. The molecule has 3 aromatic rings. The SMILES string of the molecule is CC(=O)c1cn(Cc2ccccc2)c2cc(CC(=O)O)ccc12. The molecule has 0 saturated carbocycles. The van der Waals surface area contributed by atoms with Gasteiger partial charge in [-0.05, 0) is 24.1 Å². The third-order valence-electron chi connectivity index (χ3n) is 3.88. The van der Waals surface area contributed by atoms with Gasteiger partial charge < -0.3 is 9.67 Å². The number of aromatic nitrogens is 1. The molecule has 0 atom stereocenters. The number of carboxylic acid groups (broad SMARTS) is 1. The van der Waals surface area contributed by atoms with Crippen molar-refractivity contribution in [1.29, 1.82) is 0 Å². The molecule has 3 rings (SSSR count). The number of Topliss-reactive ketones (excluding diaryl/α,β-unsaturated/α-hetero) is 1. The highest BCUT2D eigenvalue weighted by atomic mass is 16.4. The molecule has 0 spiro atoms. The smallest absolute Gasteiger partial charge is 0.307 e. The maximum atomic E-state index is 11.9. The van der Waals surface area contributed by atoms with Crippen LogP contribution in [0.15, 0.2) is 54.7 Å². The predicted molar refractivity (Wildman–Crippen MR) is 88.8 cm³/mol. The third-order valence-corrected chi connectivity index (χ3v) is 3.88.